The van der Waals surface area contributed by atoms with Gasteiger partial charge in [-0.1, -0.05) is 53.2 Å². The Morgan fingerprint density at radius 1 is 1.19 bits per heavy atom. The normalized spacial score (nSPS) is 29.5. The summed E-state index contributed by atoms with van der Waals surface area (Å²) in [4.78, 5) is 11.5. The van der Waals surface area contributed by atoms with Crippen LogP contribution in [0.25, 0.3) is 0 Å². The molecule has 0 aromatic heterocycles. The number of hydrogen-bond acceptors (Lipinski definition) is 2. The van der Waals surface area contributed by atoms with E-state index in [4.69, 9.17) is 0 Å². The molecule has 2 aliphatic carbocycles. The molecule has 0 aliphatic heterocycles. The second-order valence-corrected chi connectivity index (χ2v) is 9.02. The Hall–Kier alpha value is -1.81. The van der Waals surface area contributed by atoms with Gasteiger partial charge in [0.15, 0.2) is 0 Å². The fraction of sp³-hybridized carbons (Fsp3) is 0.435. The lowest BCUT2D eigenvalue weighted by atomic mass is 9.58. The first-order valence-corrected chi connectivity index (χ1v) is 10.6. The summed E-state index contributed by atoms with van der Waals surface area (Å²) in [5.41, 5.74) is 3.88. The van der Waals surface area contributed by atoms with E-state index >= 15 is 0 Å². The minimum absolute atomic E-state index is 0.00733. The van der Waals surface area contributed by atoms with Gasteiger partial charge in [-0.05, 0) is 67.9 Å². The summed E-state index contributed by atoms with van der Waals surface area (Å²) in [6.07, 6.45) is 5.36. The van der Waals surface area contributed by atoms with Crippen LogP contribution >= 0.6 is 15.9 Å². The van der Waals surface area contributed by atoms with Crippen LogP contribution in [0.15, 0.2) is 53.0 Å². The number of hydrogen-bond donors (Lipinski definition) is 2. The molecule has 2 N–H and O–H groups in total. The average Bonchev–Trinajstić information content (AvgIpc) is 2.92. The van der Waals surface area contributed by atoms with Gasteiger partial charge >= 0.3 is 5.97 Å². The smallest absolute Gasteiger partial charge is 0.306 e. The van der Waals surface area contributed by atoms with Crippen LogP contribution in [0.3, 0.4) is 0 Å². The number of halogens is 1. The molecule has 3 nitrogen and oxygen atoms in total. The molecule has 4 heteroatoms. The van der Waals surface area contributed by atoms with Gasteiger partial charge in [0.25, 0.3) is 0 Å². The Kier molecular flexibility index (Phi) is 4.79. The van der Waals surface area contributed by atoms with Crippen LogP contribution in [0.1, 0.15) is 50.2 Å². The number of rotatable bonds is 4. The summed E-state index contributed by atoms with van der Waals surface area (Å²) in [5.74, 6) is -0.845. The Balaban J connectivity index is 1.77. The number of carboxylic acids is 1. The highest BCUT2D eigenvalue weighted by molar-refractivity contribution is 9.10. The molecule has 0 radical (unpaired) electrons. The highest BCUT2D eigenvalue weighted by Gasteiger charge is 2.57. The third kappa shape index (κ3) is 2.98. The first-order valence-electron chi connectivity index (χ1n) is 9.85. The molecule has 0 heterocycles. The SMILES string of the molecule is CCC1(Nc2cccc(Br)c2)Cc2ccccc2C12CCC(C(=O)O)CC2. The van der Waals surface area contributed by atoms with E-state index in [0.29, 0.717) is 0 Å². The Labute approximate surface area is 169 Å². The van der Waals surface area contributed by atoms with Crippen LogP contribution in [0.5, 0.6) is 0 Å². The number of anilines is 1. The molecule has 0 saturated heterocycles. The van der Waals surface area contributed by atoms with E-state index in [0.717, 1.165) is 48.7 Å². The molecule has 142 valence electrons. The predicted octanol–water partition coefficient (Wildman–Crippen LogP) is 5.78. The first kappa shape index (κ1) is 18.5. The number of benzene rings is 2. The van der Waals surface area contributed by atoms with Gasteiger partial charge in [0.1, 0.15) is 0 Å². The zero-order chi connectivity index (χ0) is 19.1. The molecule has 1 saturated carbocycles. The van der Waals surface area contributed by atoms with E-state index in [1.54, 1.807) is 0 Å². The van der Waals surface area contributed by atoms with Gasteiger partial charge in [0.2, 0.25) is 0 Å². The molecule has 1 fully saturated rings. The van der Waals surface area contributed by atoms with E-state index in [1.165, 1.54) is 11.1 Å². The molecule has 0 amide bonds. The summed E-state index contributed by atoms with van der Waals surface area (Å²) in [6.45, 7) is 2.27. The summed E-state index contributed by atoms with van der Waals surface area (Å²) in [7, 11) is 0. The average molecular weight is 428 g/mol. The van der Waals surface area contributed by atoms with Gasteiger partial charge in [0.05, 0.1) is 11.5 Å². The van der Waals surface area contributed by atoms with Crippen molar-refractivity contribution in [3.05, 3.63) is 64.1 Å². The minimum Gasteiger partial charge on any atom is -0.481 e. The Morgan fingerprint density at radius 3 is 2.59 bits per heavy atom. The maximum Gasteiger partial charge on any atom is 0.306 e. The van der Waals surface area contributed by atoms with Gasteiger partial charge in [-0.2, -0.15) is 0 Å². The number of nitrogens with one attached hydrogen (secondary N) is 1. The van der Waals surface area contributed by atoms with Crippen molar-refractivity contribution in [2.75, 3.05) is 5.32 Å². The van der Waals surface area contributed by atoms with Gasteiger partial charge in [-0.25, -0.2) is 0 Å². The van der Waals surface area contributed by atoms with Crippen molar-refractivity contribution in [3.8, 4) is 0 Å². The molecule has 27 heavy (non-hydrogen) atoms. The highest BCUT2D eigenvalue weighted by Crippen LogP contribution is 2.57. The fourth-order valence-corrected chi connectivity index (χ4v) is 5.96. The predicted molar refractivity (Wildman–Crippen MR) is 112 cm³/mol. The number of fused-ring (bicyclic) bond motifs is 2. The monoisotopic (exact) mass is 427 g/mol. The fourth-order valence-electron chi connectivity index (χ4n) is 5.56. The molecular weight excluding hydrogens is 402 g/mol. The number of aliphatic carboxylic acids is 1. The Bertz CT molecular complexity index is 857. The third-order valence-corrected chi connectivity index (χ3v) is 7.43. The second-order valence-electron chi connectivity index (χ2n) is 8.10. The van der Waals surface area contributed by atoms with Crippen molar-refractivity contribution in [3.63, 3.8) is 0 Å². The summed E-state index contributed by atoms with van der Waals surface area (Å²) in [5, 5.41) is 13.4. The largest absolute Gasteiger partial charge is 0.481 e. The van der Waals surface area contributed by atoms with E-state index in [9.17, 15) is 9.90 Å². The quantitative estimate of drug-likeness (QED) is 0.649. The number of carbonyl (C=O) groups is 1. The Morgan fingerprint density at radius 2 is 1.93 bits per heavy atom. The van der Waals surface area contributed by atoms with E-state index in [1.807, 2.05) is 6.07 Å². The maximum absolute atomic E-state index is 11.5. The highest BCUT2D eigenvalue weighted by atomic mass is 79.9. The third-order valence-electron chi connectivity index (χ3n) is 6.94. The lowest BCUT2D eigenvalue weighted by molar-refractivity contribution is -0.143. The lowest BCUT2D eigenvalue weighted by Crippen LogP contribution is -2.56. The van der Waals surface area contributed by atoms with E-state index < -0.39 is 5.97 Å². The maximum atomic E-state index is 11.5. The van der Waals surface area contributed by atoms with Gasteiger partial charge < -0.3 is 10.4 Å². The van der Waals surface area contributed by atoms with E-state index in [-0.39, 0.29) is 16.9 Å². The number of carboxylic acid groups (broad SMARTS) is 1. The van der Waals surface area contributed by atoms with Crippen LogP contribution in [0.2, 0.25) is 0 Å². The van der Waals surface area contributed by atoms with Gasteiger partial charge in [0, 0.05) is 15.6 Å². The summed E-state index contributed by atoms with van der Waals surface area (Å²) >= 11 is 3.59. The molecule has 2 aromatic rings. The van der Waals surface area contributed by atoms with Gasteiger partial charge in [-0.3, -0.25) is 4.79 Å². The molecule has 0 bridgehead atoms. The summed E-state index contributed by atoms with van der Waals surface area (Å²) in [6, 6.07) is 17.2. The van der Waals surface area contributed by atoms with Crippen molar-refractivity contribution >= 4 is 27.6 Å². The minimum atomic E-state index is -0.641. The van der Waals surface area contributed by atoms with Crippen molar-refractivity contribution in [2.24, 2.45) is 5.92 Å². The molecule has 2 aromatic carbocycles. The molecule has 1 unspecified atom stereocenters. The first-order chi connectivity index (χ1) is 13.0. The van der Waals surface area contributed by atoms with Crippen LogP contribution in [0, 0.1) is 5.92 Å². The van der Waals surface area contributed by atoms with Crippen LogP contribution in [-0.2, 0) is 16.6 Å². The zero-order valence-corrected chi connectivity index (χ0v) is 17.3. The zero-order valence-electron chi connectivity index (χ0n) is 15.7. The second kappa shape index (κ2) is 6.97. The van der Waals surface area contributed by atoms with Crippen molar-refractivity contribution in [1.29, 1.82) is 0 Å². The molecule has 1 atom stereocenters. The van der Waals surface area contributed by atoms with E-state index in [2.05, 4.69) is 70.6 Å². The molecule has 1 spiro atoms. The van der Waals surface area contributed by atoms with Gasteiger partial charge in [-0.15, -0.1) is 0 Å². The molecular formula is C23H26BrNO2. The summed E-state index contributed by atoms with van der Waals surface area (Å²) < 4.78 is 1.07. The van der Waals surface area contributed by atoms with Crippen LogP contribution in [0.4, 0.5) is 5.69 Å². The lowest BCUT2D eigenvalue weighted by Gasteiger charge is -2.50. The molecule has 4 rings (SSSR count). The van der Waals surface area contributed by atoms with Crippen LogP contribution in [-0.4, -0.2) is 16.6 Å². The van der Waals surface area contributed by atoms with Crippen molar-refractivity contribution < 1.29 is 9.90 Å². The topological polar surface area (TPSA) is 49.3 Å². The van der Waals surface area contributed by atoms with Crippen molar-refractivity contribution in [2.45, 2.75) is 56.4 Å². The molecule has 2 aliphatic rings. The van der Waals surface area contributed by atoms with Crippen molar-refractivity contribution in [1.82, 2.24) is 0 Å². The van der Waals surface area contributed by atoms with Crippen LogP contribution < -0.4 is 5.32 Å². The standard InChI is InChI=1S/C23H26BrNO2/c1-2-23(25-19-8-5-7-18(24)14-19)15-17-6-3-4-9-20(17)22(23)12-10-16(11-13-22)21(26)27/h3-9,14,16,25H,2,10-13,15H2,1H3,(H,26,27).